The lowest BCUT2D eigenvalue weighted by Crippen LogP contribution is -2.23. The molecule has 1 aliphatic rings. The van der Waals surface area contributed by atoms with Crippen LogP contribution in [0.2, 0.25) is 0 Å². The molecule has 1 atom stereocenters. The zero-order valence-corrected chi connectivity index (χ0v) is 16.2. The van der Waals surface area contributed by atoms with Gasteiger partial charge in [0, 0.05) is 23.6 Å². The molecule has 0 saturated carbocycles. The Hall–Kier alpha value is -2.09. The van der Waals surface area contributed by atoms with Gasteiger partial charge in [-0.25, -0.2) is 4.98 Å². The smallest absolute Gasteiger partial charge is 0.263 e. The third kappa shape index (κ3) is 3.70. The van der Waals surface area contributed by atoms with E-state index >= 15 is 0 Å². The van der Waals surface area contributed by atoms with Crippen LogP contribution in [0.25, 0.3) is 10.2 Å². The summed E-state index contributed by atoms with van der Waals surface area (Å²) in [5.74, 6) is 0.305. The lowest BCUT2D eigenvalue weighted by Gasteiger charge is -2.13. The van der Waals surface area contributed by atoms with Crippen molar-refractivity contribution in [3.63, 3.8) is 0 Å². The van der Waals surface area contributed by atoms with Crippen LogP contribution in [-0.4, -0.2) is 15.3 Å². The molecule has 5 nitrogen and oxygen atoms in total. The molecule has 2 aromatic rings. The van der Waals surface area contributed by atoms with Crippen molar-refractivity contribution in [1.82, 2.24) is 9.55 Å². The number of nitriles is 2. The van der Waals surface area contributed by atoms with Gasteiger partial charge < -0.3 is 0 Å². The highest BCUT2D eigenvalue weighted by molar-refractivity contribution is 7.99. The summed E-state index contributed by atoms with van der Waals surface area (Å²) < 4.78 is 1.67. The molecule has 0 spiro atoms. The number of aromatic nitrogens is 2. The van der Waals surface area contributed by atoms with Crippen molar-refractivity contribution in [2.24, 2.45) is 5.92 Å². The molecule has 7 heteroatoms. The molecular formula is C19H20N4OS2. The third-order valence-electron chi connectivity index (χ3n) is 4.55. The summed E-state index contributed by atoms with van der Waals surface area (Å²) in [6.07, 6.45) is 6.89. The maximum absolute atomic E-state index is 13.1. The molecule has 3 rings (SSSR count). The van der Waals surface area contributed by atoms with Gasteiger partial charge in [0.25, 0.3) is 5.56 Å². The second-order valence-electron chi connectivity index (χ2n) is 6.32. The molecule has 0 fully saturated rings. The molecular weight excluding hydrogens is 364 g/mol. The number of aryl methyl sites for hydroxylation is 2. The fourth-order valence-electron chi connectivity index (χ4n) is 3.22. The second-order valence-corrected chi connectivity index (χ2v) is 8.39. The van der Waals surface area contributed by atoms with Crippen LogP contribution in [0.1, 0.15) is 36.1 Å². The first kappa shape index (κ1) is 18.7. The molecule has 0 unspecified atom stereocenters. The summed E-state index contributed by atoms with van der Waals surface area (Å²) in [4.78, 5) is 20.0. The standard InChI is InChI=1S/C19H20N4OS2/c1-2-10-23-18(24)16-14-7-3-4-8-15(14)26-17(16)22-19(23)25-12-13(11-21)6-5-9-20/h2,13H,1,3-8,10,12H2/t13-/m1/s1. The Morgan fingerprint density at radius 3 is 2.92 bits per heavy atom. The minimum atomic E-state index is -0.221. The van der Waals surface area contributed by atoms with Crippen LogP contribution in [0, 0.1) is 28.6 Å². The molecule has 0 N–H and O–H groups in total. The van der Waals surface area contributed by atoms with Gasteiger partial charge in [-0.1, -0.05) is 17.8 Å². The number of thiophene rings is 1. The Kier molecular flexibility index (Phi) is 6.13. The van der Waals surface area contributed by atoms with E-state index in [-0.39, 0.29) is 11.5 Å². The fraction of sp³-hybridized carbons (Fsp3) is 0.474. The van der Waals surface area contributed by atoms with E-state index in [9.17, 15) is 10.1 Å². The summed E-state index contributed by atoms with van der Waals surface area (Å²) in [6.45, 7) is 4.17. The normalized spacial score (nSPS) is 14.4. The summed E-state index contributed by atoms with van der Waals surface area (Å²) in [7, 11) is 0. The topological polar surface area (TPSA) is 82.5 Å². The average molecular weight is 385 g/mol. The van der Waals surface area contributed by atoms with Crippen molar-refractivity contribution in [1.29, 1.82) is 10.5 Å². The molecule has 0 radical (unpaired) electrons. The van der Waals surface area contributed by atoms with Crippen molar-refractivity contribution < 1.29 is 0 Å². The Labute approximate surface area is 161 Å². The molecule has 0 bridgehead atoms. The Morgan fingerprint density at radius 1 is 1.38 bits per heavy atom. The number of rotatable bonds is 7. The van der Waals surface area contributed by atoms with Crippen LogP contribution >= 0.6 is 23.1 Å². The molecule has 2 aromatic heterocycles. The van der Waals surface area contributed by atoms with E-state index in [1.807, 2.05) is 0 Å². The van der Waals surface area contributed by atoms with Crippen molar-refractivity contribution in [2.75, 3.05) is 5.75 Å². The molecule has 1 aliphatic carbocycles. The van der Waals surface area contributed by atoms with E-state index in [1.54, 1.807) is 22.0 Å². The van der Waals surface area contributed by atoms with Gasteiger partial charge in [-0.2, -0.15) is 10.5 Å². The Morgan fingerprint density at radius 2 is 2.19 bits per heavy atom. The molecule has 0 aromatic carbocycles. The van der Waals surface area contributed by atoms with Gasteiger partial charge in [-0.3, -0.25) is 9.36 Å². The van der Waals surface area contributed by atoms with Crippen LogP contribution in [0.3, 0.4) is 0 Å². The van der Waals surface area contributed by atoms with Gasteiger partial charge >= 0.3 is 0 Å². The fourth-order valence-corrected chi connectivity index (χ4v) is 5.59. The van der Waals surface area contributed by atoms with Gasteiger partial charge in [0.15, 0.2) is 5.16 Å². The van der Waals surface area contributed by atoms with E-state index < -0.39 is 0 Å². The zero-order chi connectivity index (χ0) is 18.5. The minimum absolute atomic E-state index is 0.00216. The first-order valence-electron chi connectivity index (χ1n) is 8.75. The van der Waals surface area contributed by atoms with Crippen LogP contribution in [0.5, 0.6) is 0 Å². The van der Waals surface area contributed by atoms with E-state index in [0.717, 1.165) is 29.5 Å². The summed E-state index contributed by atoms with van der Waals surface area (Å²) in [5.41, 5.74) is 1.19. The molecule has 134 valence electrons. The van der Waals surface area contributed by atoms with Crippen LogP contribution in [0.15, 0.2) is 22.6 Å². The maximum Gasteiger partial charge on any atom is 0.263 e. The summed E-state index contributed by atoms with van der Waals surface area (Å²) >= 11 is 3.06. The highest BCUT2D eigenvalue weighted by atomic mass is 32.2. The summed E-state index contributed by atoms with van der Waals surface area (Å²) in [6, 6.07) is 4.33. The first-order chi connectivity index (χ1) is 12.7. The van der Waals surface area contributed by atoms with Crippen molar-refractivity contribution in [3.8, 4) is 12.1 Å². The van der Waals surface area contributed by atoms with E-state index in [0.29, 0.717) is 30.3 Å². The van der Waals surface area contributed by atoms with Gasteiger partial charge in [0.05, 0.1) is 23.4 Å². The summed E-state index contributed by atoms with van der Waals surface area (Å²) in [5, 5.41) is 19.4. The van der Waals surface area contributed by atoms with Crippen molar-refractivity contribution >= 4 is 33.3 Å². The number of thioether (sulfide) groups is 1. The highest BCUT2D eigenvalue weighted by Gasteiger charge is 2.22. The zero-order valence-electron chi connectivity index (χ0n) is 14.5. The van der Waals surface area contributed by atoms with Crippen molar-refractivity contribution in [3.05, 3.63) is 33.4 Å². The molecule has 2 heterocycles. The third-order valence-corrected chi connectivity index (χ3v) is 6.88. The number of hydrogen-bond acceptors (Lipinski definition) is 6. The number of hydrogen-bond donors (Lipinski definition) is 0. The maximum atomic E-state index is 13.1. The lowest BCUT2D eigenvalue weighted by atomic mass is 9.97. The van der Waals surface area contributed by atoms with Gasteiger partial charge in [-0.15, -0.1) is 17.9 Å². The molecule has 0 saturated heterocycles. The van der Waals surface area contributed by atoms with Crippen LogP contribution in [-0.2, 0) is 19.4 Å². The number of allylic oxidation sites excluding steroid dienone is 1. The highest BCUT2D eigenvalue weighted by Crippen LogP contribution is 2.35. The minimum Gasteiger partial charge on any atom is -0.283 e. The van der Waals surface area contributed by atoms with Gasteiger partial charge in [0.2, 0.25) is 0 Å². The largest absolute Gasteiger partial charge is 0.283 e. The second kappa shape index (κ2) is 8.53. The molecule has 26 heavy (non-hydrogen) atoms. The molecule has 0 amide bonds. The van der Waals surface area contributed by atoms with Crippen LogP contribution in [0.4, 0.5) is 0 Å². The molecule has 0 aliphatic heterocycles. The lowest BCUT2D eigenvalue weighted by molar-refractivity contribution is 0.658. The van der Waals surface area contributed by atoms with Crippen molar-refractivity contribution in [2.45, 2.75) is 50.2 Å². The predicted octanol–water partition coefficient (Wildman–Crippen LogP) is 4.06. The quantitative estimate of drug-likeness (QED) is 0.408. The van der Waals surface area contributed by atoms with Gasteiger partial charge in [-0.05, 0) is 37.7 Å². The Balaban J connectivity index is 1.98. The van der Waals surface area contributed by atoms with E-state index in [4.69, 9.17) is 10.2 Å². The van der Waals surface area contributed by atoms with E-state index in [1.165, 1.54) is 28.6 Å². The first-order valence-corrected chi connectivity index (χ1v) is 10.5. The van der Waals surface area contributed by atoms with Gasteiger partial charge in [0.1, 0.15) is 4.83 Å². The van der Waals surface area contributed by atoms with Crippen LogP contribution < -0.4 is 5.56 Å². The van der Waals surface area contributed by atoms with E-state index in [2.05, 4.69) is 18.7 Å². The Bertz CT molecular complexity index is 961. The monoisotopic (exact) mass is 384 g/mol. The number of nitrogens with zero attached hydrogens (tertiary/aromatic N) is 4. The predicted molar refractivity (Wildman–Crippen MR) is 105 cm³/mol. The number of fused-ring (bicyclic) bond motifs is 3. The average Bonchev–Trinajstić information content (AvgIpc) is 3.03. The SMILES string of the molecule is C=CCn1c(SC[C@@H](C#N)CCC#N)nc2sc3c(c2c1=O)CCCC3.